The molecule has 0 aliphatic carbocycles. The van der Waals surface area contributed by atoms with Gasteiger partial charge >= 0.3 is 5.97 Å². The minimum absolute atomic E-state index is 0.0623. The Morgan fingerprint density at radius 3 is 2.59 bits per heavy atom. The number of thiophene rings is 1. The maximum Gasteiger partial charge on any atom is 0.341 e. The van der Waals surface area contributed by atoms with E-state index in [1.54, 1.807) is 6.92 Å². The molecule has 1 atom stereocenters. The highest BCUT2D eigenvalue weighted by Gasteiger charge is 2.30. The summed E-state index contributed by atoms with van der Waals surface area (Å²) in [6.07, 6.45) is 0.665. The SMILES string of the molecule is COC(=O)c1c(NC(=O)CC2CCS(=O)(=O)C2)sc(C)c1C. The van der Waals surface area contributed by atoms with Crippen molar-refractivity contribution in [3.05, 3.63) is 16.0 Å². The summed E-state index contributed by atoms with van der Waals surface area (Å²) >= 11 is 1.32. The van der Waals surface area contributed by atoms with Gasteiger partial charge in [-0.15, -0.1) is 11.3 Å². The van der Waals surface area contributed by atoms with E-state index in [2.05, 4.69) is 5.32 Å². The molecule has 22 heavy (non-hydrogen) atoms. The van der Waals surface area contributed by atoms with Crippen LogP contribution < -0.4 is 5.32 Å². The number of rotatable bonds is 4. The third-order valence-electron chi connectivity index (χ3n) is 3.83. The molecule has 0 radical (unpaired) electrons. The monoisotopic (exact) mass is 345 g/mol. The molecule has 0 aromatic carbocycles. The van der Waals surface area contributed by atoms with Crippen LogP contribution in [-0.2, 0) is 19.4 Å². The van der Waals surface area contributed by atoms with Crippen LogP contribution in [0.4, 0.5) is 5.00 Å². The Bertz CT molecular complexity index is 705. The Labute approximate surface area is 133 Å². The Kier molecular flexibility index (Phi) is 4.91. The van der Waals surface area contributed by atoms with Crippen LogP contribution in [0.2, 0.25) is 0 Å². The molecule has 1 aromatic rings. The molecule has 1 saturated heterocycles. The summed E-state index contributed by atoms with van der Waals surface area (Å²) in [6.45, 7) is 3.67. The van der Waals surface area contributed by atoms with E-state index in [1.807, 2.05) is 6.92 Å². The van der Waals surface area contributed by atoms with Gasteiger partial charge in [0.2, 0.25) is 5.91 Å². The number of methoxy groups -OCH3 is 1. The second-order valence-electron chi connectivity index (χ2n) is 5.50. The van der Waals surface area contributed by atoms with Gasteiger partial charge < -0.3 is 10.1 Å². The molecule has 1 aliphatic rings. The molecule has 1 amide bonds. The number of aryl methyl sites for hydroxylation is 1. The van der Waals surface area contributed by atoms with Gasteiger partial charge in [0.05, 0.1) is 24.2 Å². The fraction of sp³-hybridized carbons (Fsp3) is 0.571. The number of amides is 1. The van der Waals surface area contributed by atoms with Gasteiger partial charge in [-0.1, -0.05) is 0 Å². The molecule has 0 bridgehead atoms. The van der Waals surface area contributed by atoms with E-state index in [4.69, 9.17) is 4.74 Å². The second kappa shape index (κ2) is 6.37. The quantitative estimate of drug-likeness (QED) is 0.842. The van der Waals surface area contributed by atoms with Crippen molar-refractivity contribution in [1.29, 1.82) is 0 Å². The number of carbonyl (C=O) groups excluding carboxylic acids is 2. The van der Waals surface area contributed by atoms with Crippen LogP contribution in [0.15, 0.2) is 0 Å². The van der Waals surface area contributed by atoms with E-state index in [0.717, 1.165) is 10.4 Å². The van der Waals surface area contributed by atoms with Crippen molar-refractivity contribution >= 4 is 38.1 Å². The number of sulfone groups is 1. The Morgan fingerprint density at radius 2 is 2.05 bits per heavy atom. The van der Waals surface area contributed by atoms with Crippen molar-refractivity contribution in [3.8, 4) is 0 Å². The normalized spacial score (nSPS) is 19.9. The zero-order valence-corrected chi connectivity index (χ0v) is 14.4. The third kappa shape index (κ3) is 3.67. The van der Waals surface area contributed by atoms with Crippen molar-refractivity contribution in [1.82, 2.24) is 0 Å². The predicted octanol–water partition coefficient (Wildman–Crippen LogP) is 1.91. The van der Waals surface area contributed by atoms with Gasteiger partial charge in [0.1, 0.15) is 5.00 Å². The number of anilines is 1. The second-order valence-corrected chi connectivity index (χ2v) is 8.95. The number of hydrogen-bond donors (Lipinski definition) is 1. The fourth-order valence-electron chi connectivity index (χ4n) is 2.54. The molecule has 122 valence electrons. The van der Waals surface area contributed by atoms with E-state index in [-0.39, 0.29) is 29.8 Å². The molecular formula is C14H19NO5S2. The van der Waals surface area contributed by atoms with Crippen LogP contribution in [0, 0.1) is 19.8 Å². The Hall–Kier alpha value is -1.41. The molecule has 2 rings (SSSR count). The van der Waals surface area contributed by atoms with Gasteiger partial charge in [0.25, 0.3) is 0 Å². The highest BCUT2D eigenvalue weighted by Crippen LogP contribution is 2.33. The minimum atomic E-state index is -2.99. The summed E-state index contributed by atoms with van der Waals surface area (Å²) in [5.41, 5.74) is 1.16. The molecular weight excluding hydrogens is 326 g/mol. The maximum atomic E-state index is 12.1. The average molecular weight is 345 g/mol. The molecule has 0 saturated carbocycles. The molecule has 1 unspecified atom stereocenters. The average Bonchev–Trinajstić information content (AvgIpc) is 2.89. The van der Waals surface area contributed by atoms with Crippen molar-refractivity contribution in [2.75, 3.05) is 23.9 Å². The zero-order chi connectivity index (χ0) is 16.5. The number of esters is 1. The first-order valence-corrected chi connectivity index (χ1v) is 9.56. The summed E-state index contributed by atoms with van der Waals surface area (Å²) in [7, 11) is -1.70. The first-order valence-electron chi connectivity index (χ1n) is 6.92. The summed E-state index contributed by atoms with van der Waals surface area (Å²) in [4.78, 5) is 24.9. The zero-order valence-electron chi connectivity index (χ0n) is 12.8. The lowest BCUT2D eigenvalue weighted by atomic mass is 10.1. The van der Waals surface area contributed by atoms with E-state index in [1.165, 1.54) is 18.4 Å². The predicted molar refractivity (Wildman–Crippen MR) is 85.1 cm³/mol. The molecule has 2 heterocycles. The van der Waals surface area contributed by atoms with Crippen LogP contribution in [0.1, 0.15) is 33.6 Å². The topological polar surface area (TPSA) is 89.5 Å². The van der Waals surface area contributed by atoms with Crippen molar-refractivity contribution in [3.63, 3.8) is 0 Å². The molecule has 1 aromatic heterocycles. The van der Waals surface area contributed by atoms with Gasteiger partial charge in [-0.3, -0.25) is 4.79 Å². The molecule has 8 heteroatoms. The summed E-state index contributed by atoms with van der Waals surface area (Å²) < 4.78 is 27.6. The van der Waals surface area contributed by atoms with Gasteiger partial charge in [0, 0.05) is 11.3 Å². The molecule has 6 nitrogen and oxygen atoms in total. The molecule has 0 spiro atoms. The number of carbonyl (C=O) groups is 2. The van der Waals surface area contributed by atoms with Crippen LogP contribution in [-0.4, -0.2) is 38.9 Å². The third-order valence-corrected chi connectivity index (χ3v) is 6.79. The van der Waals surface area contributed by atoms with Gasteiger partial charge in [-0.2, -0.15) is 0 Å². The standard InChI is InChI=1S/C14H19NO5S2/c1-8-9(2)21-13(12(8)14(17)20-3)15-11(16)6-10-4-5-22(18,19)7-10/h10H,4-7H2,1-3H3,(H,15,16). The fourth-order valence-corrected chi connectivity index (χ4v) is 5.46. The lowest BCUT2D eigenvalue weighted by Crippen LogP contribution is -2.18. The molecule has 1 N–H and O–H groups in total. The van der Waals surface area contributed by atoms with Crippen LogP contribution >= 0.6 is 11.3 Å². The van der Waals surface area contributed by atoms with Crippen LogP contribution in [0.5, 0.6) is 0 Å². The smallest absolute Gasteiger partial charge is 0.341 e. The largest absolute Gasteiger partial charge is 0.465 e. The number of ether oxygens (including phenoxy) is 1. The first-order chi connectivity index (χ1) is 10.2. The van der Waals surface area contributed by atoms with Crippen LogP contribution in [0.25, 0.3) is 0 Å². The summed E-state index contributed by atoms with van der Waals surface area (Å²) in [5, 5.41) is 3.19. The van der Waals surface area contributed by atoms with Crippen molar-refractivity contribution in [2.45, 2.75) is 26.7 Å². The van der Waals surface area contributed by atoms with Crippen molar-refractivity contribution in [2.24, 2.45) is 5.92 Å². The lowest BCUT2D eigenvalue weighted by molar-refractivity contribution is -0.116. The maximum absolute atomic E-state index is 12.1. The van der Waals surface area contributed by atoms with Gasteiger partial charge in [-0.25, -0.2) is 13.2 Å². The first kappa shape index (κ1) is 17.0. The summed E-state index contributed by atoms with van der Waals surface area (Å²) in [5.74, 6) is -0.689. The minimum Gasteiger partial charge on any atom is -0.465 e. The van der Waals surface area contributed by atoms with E-state index >= 15 is 0 Å². The highest BCUT2D eigenvalue weighted by molar-refractivity contribution is 7.91. The number of nitrogens with one attached hydrogen (secondary N) is 1. The van der Waals surface area contributed by atoms with E-state index < -0.39 is 15.8 Å². The Morgan fingerprint density at radius 1 is 1.36 bits per heavy atom. The lowest BCUT2D eigenvalue weighted by Gasteiger charge is -2.09. The van der Waals surface area contributed by atoms with Gasteiger partial charge in [0.15, 0.2) is 9.84 Å². The van der Waals surface area contributed by atoms with E-state index in [9.17, 15) is 18.0 Å². The van der Waals surface area contributed by atoms with Crippen molar-refractivity contribution < 1.29 is 22.7 Å². The van der Waals surface area contributed by atoms with E-state index in [0.29, 0.717) is 17.0 Å². The molecule has 1 aliphatic heterocycles. The number of hydrogen-bond acceptors (Lipinski definition) is 6. The molecule has 1 fully saturated rings. The van der Waals surface area contributed by atoms with Gasteiger partial charge in [-0.05, 0) is 31.7 Å². The van der Waals surface area contributed by atoms with Crippen LogP contribution in [0.3, 0.4) is 0 Å². The summed E-state index contributed by atoms with van der Waals surface area (Å²) in [6, 6.07) is 0. The Balaban J connectivity index is 2.09. The highest BCUT2D eigenvalue weighted by atomic mass is 32.2.